The summed E-state index contributed by atoms with van der Waals surface area (Å²) in [5.41, 5.74) is 2.79. The Morgan fingerprint density at radius 2 is 2.04 bits per heavy atom. The lowest BCUT2D eigenvalue weighted by molar-refractivity contribution is -0.146. The van der Waals surface area contributed by atoms with Crippen molar-refractivity contribution < 1.29 is 15.1 Å². The number of hydrogen-bond acceptors (Lipinski definition) is 4. The van der Waals surface area contributed by atoms with Gasteiger partial charge in [-0.15, -0.1) is 0 Å². The molecule has 0 radical (unpaired) electrons. The van der Waals surface area contributed by atoms with Gasteiger partial charge in [0.15, 0.2) is 0 Å². The molecule has 0 spiro atoms. The summed E-state index contributed by atoms with van der Waals surface area (Å²) in [6.07, 6.45) is 9.31. The summed E-state index contributed by atoms with van der Waals surface area (Å²) in [6.45, 7) is 9.62. The van der Waals surface area contributed by atoms with Crippen molar-refractivity contribution in [2.75, 3.05) is 6.61 Å². The lowest BCUT2D eigenvalue weighted by Crippen LogP contribution is -2.59. The molecule has 0 aliphatic heterocycles. The van der Waals surface area contributed by atoms with Crippen LogP contribution in [0.1, 0.15) is 72.6 Å². The number of ether oxygens (including phenoxy) is 1. The minimum Gasteiger partial charge on any atom is -0.411 e. The van der Waals surface area contributed by atoms with Crippen molar-refractivity contribution in [2.24, 2.45) is 39.7 Å². The molecule has 0 heterocycles. The van der Waals surface area contributed by atoms with Gasteiger partial charge < -0.3 is 15.1 Å². The van der Waals surface area contributed by atoms with Gasteiger partial charge in [-0.3, -0.25) is 0 Å². The van der Waals surface area contributed by atoms with Crippen LogP contribution in [-0.2, 0) is 4.74 Å². The summed E-state index contributed by atoms with van der Waals surface area (Å²) in [4.78, 5) is 0. The molecule has 0 aromatic rings. The van der Waals surface area contributed by atoms with Crippen LogP contribution in [0, 0.1) is 34.5 Å². The lowest BCUT2D eigenvalue weighted by atomic mass is 9.44. The van der Waals surface area contributed by atoms with E-state index in [0.29, 0.717) is 30.3 Å². The Morgan fingerprint density at radius 1 is 1.26 bits per heavy atom. The number of allylic oxidation sites excluding steroid dienone is 2. The highest BCUT2D eigenvalue weighted by atomic mass is 16.5. The van der Waals surface area contributed by atoms with Crippen LogP contribution in [0.15, 0.2) is 16.8 Å². The van der Waals surface area contributed by atoms with E-state index in [-0.39, 0.29) is 23.0 Å². The summed E-state index contributed by atoms with van der Waals surface area (Å²) < 4.78 is 5.94. The Bertz CT molecular complexity index is 644. The monoisotopic (exact) mass is 375 g/mol. The summed E-state index contributed by atoms with van der Waals surface area (Å²) in [7, 11) is 0. The first-order valence-corrected chi connectivity index (χ1v) is 11.0. The zero-order chi connectivity index (χ0) is 19.4. The third kappa shape index (κ3) is 2.73. The molecule has 2 N–H and O–H groups in total. The van der Waals surface area contributed by atoms with Gasteiger partial charge >= 0.3 is 0 Å². The molecule has 0 saturated heterocycles. The molecule has 4 rings (SSSR count). The van der Waals surface area contributed by atoms with Crippen LogP contribution >= 0.6 is 0 Å². The highest BCUT2D eigenvalue weighted by Crippen LogP contribution is 2.66. The SMILES string of the molecule is C/C=C1/CC[C@H]2[C@@H]3CC[C@H]4C[C@H](O)[C@@H](OCC)C[C@]4(C)[C@H]3/C(=N/O)C[C@]12C. The minimum absolute atomic E-state index is 0.0591. The van der Waals surface area contributed by atoms with Gasteiger partial charge in [-0.25, -0.2) is 0 Å². The summed E-state index contributed by atoms with van der Waals surface area (Å²) in [5.74, 6) is 2.10. The molecule has 4 heteroatoms. The maximum atomic E-state index is 10.6. The number of fused-ring (bicyclic) bond motifs is 5. The predicted octanol–water partition coefficient (Wildman–Crippen LogP) is 4.79. The number of oxime groups is 1. The van der Waals surface area contributed by atoms with Crippen LogP contribution in [0.3, 0.4) is 0 Å². The fourth-order valence-corrected chi connectivity index (χ4v) is 7.91. The Labute approximate surface area is 164 Å². The largest absolute Gasteiger partial charge is 0.411 e. The molecule has 4 aliphatic rings. The van der Waals surface area contributed by atoms with E-state index >= 15 is 0 Å². The second kappa shape index (κ2) is 6.88. The van der Waals surface area contributed by atoms with Crippen molar-refractivity contribution in [1.29, 1.82) is 0 Å². The Morgan fingerprint density at radius 3 is 2.70 bits per heavy atom. The van der Waals surface area contributed by atoms with Gasteiger partial charge in [0.2, 0.25) is 0 Å². The molecule has 0 bridgehead atoms. The Balaban J connectivity index is 1.72. The Hall–Kier alpha value is -0.870. The first kappa shape index (κ1) is 19.4. The fraction of sp³-hybridized carbons (Fsp3) is 0.870. The number of aliphatic hydroxyl groups is 1. The van der Waals surface area contributed by atoms with Crippen LogP contribution in [0.25, 0.3) is 0 Å². The van der Waals surface area contributed by atoms with E-state index in [1.54, 1.807) is 5.57 Å². The molecular formula is C23H37NO3. The Kier molecular flexibility index (Phi) is 4.95. The molecule has 27 heavy (non-hydrogen) atoms. The van der Waals surface area contributed by atoms with Gasteiger partial charge in [0, 0.05) is 12.5 Å². The number of nitrogens with zero attached hydrogens (tertiary/aromatic N) is 1. The molecule has 4 saturated carbocycles. The van der Waals surface area contributed by atoms with Crippen LogP contribution in [0.2, 0.25) is 0 Å². The maximum Gasteiger partial charge on any atom is 0.0839 e. The van der Waals surface area contributed by atoms with Gasteiger partial charge in [0.05, 0.1) is 17.9 Å². The molecule has 152 valence electrons. The second-order valence-corrected chi connectivity index (χ2v) is 10.1. The topological polar surface area (TPSA) is 62.0 Å². The van der Waals surface area contributed by atoms with Crippen molar-refractivity contribution in [2.45, 2.75) is 84.8 Å². The van der Waals surface area contributed by atoms with E-state index < -0.39 is 0 Å². The van der Waals surface area contributed by atoms with Crippen LogP contribution < -0.4 is 0 Å². The molecule has 4 fully saturated rings. The third-order valence-corrected chi connectivity index (χ3v) is 9.07. The molecule has 0 aromatic heterocycles. The lowest BCUT2D eigenvalue weighted by Gasteiger charge is -2.61. The predicted molar refractivity (Wildman–Crippen MR) is 107 cm³/mol. The highest BCUT2D eigenvalue weighted by molar-refractivity contribution is 5.89. The first-order valence-electron chi connectivity index (χ1n) is 11.0. The quantitative estimate of drug-likeness (QED) is 0.414. The zero-order valence-electron chi connectivity index (χ0n) is 17.4. The number of hydrogen-bond donors (Lipinski definition) is 2. The highest BCUT2D eigenvalue weighted by Gasteiger charge is 2.62. The third-order valence-electron chi connectivity index (χ3n) is 9.07. The van der Waals surface area contributed by atoms with Crippen LogP contribution in [0.5, 0.6) is 0 Å². The zero-order valence-corrected chi connectivity index (χ0v) is 17.4. The van der Waals surface area contributed by atoms with E-state index in [9.17, 15) is 10.3 Å². The van der Waals surface area contributed by atoms with Crippen molar-refractivity contribution in [3.05, 3.63) is 11.6 Å². The van der Waals surface area contributed by atoms with E-state index in [2.05, 4.69) is 32.0 Å². The number of rotatable bonds is 2. The minimum atomic E-state index is -0.357. The molecule has 0 unspecified atom stereocenters. The van der Waals surface area contributed by atoms with Crippen LogP contribution in [-0.4, -0.2) is 34.8 Å². The first-order chi connectivity index (χ1) is 12.9. The van der Waals surface area contributed by atoms with E-state index in [0.717, 1.165) is 25.0 Å². The number of aliphatic hydroxyl groups excluding tert-OH is 1. The second-order valence-electron chi connectivity index (χ2n) is 10.1. The smallest absolute Gasteiger partial charge is 0.0839 e. The van der Waals surface area contributed by atoms with Crippen molar-refractivity contribution in [3.63, 3.8) is 0 Å². The fourth-order valence-electron chi connectivity index (χ4n) is 7.91. The average Bonchev–Trinajstić information content (AvgIpc) is 2.98. The molecule has 0 aromatic carbocycles. The van der Waals surface area contributed by atoms with Gasteiger partial charge in [-0.05, 0) is 87.4 Å². The summed E-state index contributed by atoms with van der Waals surface area (Å²) in [6, 6.07) is 0. The van der Waals surface area contributed by atoms with Crippen LogP contribution in [0.4, 0.5) is 0 Å². The standard InChI is InChI=1S/C23H37NO3/c1-5-14-8-10-17-16-9-7-15-11-19(25)20(27-6-2)13-23(15,4)21(16)18(24-26)12-22(14,17)3/h5,15-17,19-21,25-26H,6-13H2,1-4H3/b14-5-,24-18+/t15-,16-,17-,19-,20-,21+,22+,23-/m0/s1. The molecule has 8 atom stereocenters. The summed E-state index contributed by atoms with van der Waals surface area (Å²) >= 11 is 0. The van der Waals surface area contributed by atoms with E-state index in [1.165, 1.54) is 25.7 Å². The maximum absolute atomic E-state index is 10.6. The van der Waals surface area contributed by atoms with E-state index in [1.807, 2.05) is 6.92 Å². The van der Waals surface area contributed by atoms with Gasteiger partial charge in [0.25, 0.3) is 0 Å². The molecule has 4 nitrogen and oxygen atoms in total. The molecule has 0 amide bonds. The van der Waals surface area contributed by atoms with Gasteiger partial charge in [0.1, 0.15) is 0 Å². The van der Waals surface area contributed by atoms with Crippen molar-refractivity contribution in [3.8, 4) is 0 Å². The normalized spacial score (nSPS) is 52.5. The molecule has 4 aliphatic carbocycles. The van der Waals surface area contributed by atoms with Gasteiger partial charge in [-0.2, -0.15) is 0 Å². The summed E-state index contributed by atoms with van der Waals surface area (Å²) in [5, 5.41) is 24.6. The van der Waals surface area contributed by atoms with E-state index in [4.69, 9.17) is 4.74 Å². The van der Waals surface area contributed by atoms with Crippen molar-refractivity contribution in [1.82, 2.24) is 0 Å². The van der Waals surface area contributed by atoms with Crippen molar-refractivity contribution >= 4 is 5.71 Å². The van der Waals surface area contributed by atoms with Gasteiger partial charge in [-0.1, -0.05) is 30.7 Å². The molecular weight excluding hydrogens is 338 g/mol. The average molecular weight is 376 g/mol.